The van der Waals surface area contributed by atoms with Gasteiger partial charge in [0.25, 0.3) is 0 Å². The van der Waals surface area contributed by atoms with Crippen molar-refractivity contribution in [2.75, 3.05) is 13.2 Å². The number of hydrogen-bond acceptors (Lipinski definition) is 2. The van der Waals surface area contributed by atoms with Crippen LogP contribution in [0, 0.1) is 6.92 Å². The van der Waals surface area contributed by atoms with Gasteiger partial charge < -0.3 is 10.5 Å². The van der Waals surface area contributed by atoms with Gasteiger partial charge in [-0.15, -0.1) is 0 Å². The molecule has 2 nitrogen and oxygen atoms in total. The van der Waals surface area contributed by atoms with Crippen LogP contribution in [-0.4, -0.2) is 13.2 Å². The first-order valence-corrected chi connectivity index (χ1v) is 4.62. The summed E-state index contributed by atoms with van der Waals surface area (Å²) in [5.41, 5.74) is 6.51. The summed E-state index contributed by atoms with van der Waals surface area (Å²) in [6, 6.07) is 5.99. The molecule has 0 heterocycles. The summed E-state index contributed by atoms with van der Waals surface area (Å²) < 4.78 is 6.37. The highest BCUT2D eigenvalue weighted by Gasteiger charge is 1.99. The van der Waals surface area contributed by atoms with Crippen molar-refractivity contribution in [3.8, 4) is 5.75 Å². The van der Waals surface area contributed by atoms with Gasteiger partial charge in [-0.1, -0.05) is 6.07 Å². The van der Waals surface area contributed by atoms with E-state index in [-0.39, 0.29) is 0 Å². The highest BCUT2D eigenvalue weighted by molar-refractivity contribution is 9.10. The molecule has 0 bridgehead atoms. The summed E-state index contributed by atoms with van der Waals surface area (Å²) in [6.45, 7) is 3.13. The van der Waals surface area contributed by atoms with Crippen LogP contribution >= 0.6 is 15.9 Å². The van der Waals surface area contributed by atoms with Crippen molar-refractivity contribution < 1.29 is 4.74 Å². The lowest BCUT2D eigenvalue weighted by atomic mass is 10.2. The molecule has 66 valence electrons. The molecule has 1 rings (SSSR count). The first kappa shape index (κ1) is 9.55. The summed E-state index contributed by atoms with van der Waals surface area (Å²) in [5, 5.41) is 0. The molecular weight excluding hydrogens is 218 g/mol. The second-order valence-corrected chi connectivity index (χ2v) is 3.43. The molecule has 0 saturated heterocycles. The predicted octanol–water partition coefficient (Wildman–Crippen LogP) is 2.10. The van der Waals surface area contributed by atoms with Crippen LogP contribution in [0.25, 0.3) is 0 Å². The zero-order valence-electron chi connectivity index (χ0n) is 7.01. The van der Waals surface area contributed by atoms with Crippen LogP contribution in [0.4, 0.5) is 0 Å². The molecule has 0 spiro atoms. The van der Waals surface area contributed by atoms with E-state index < -0.39 is 0 Å². The van der Waals surface area contributed by atoms with Crippen molar-refractivity contribution in [2.45, 2.75) is 6.92 Å². The maximum atomic E-state index is 5.39. The van der Waals surface area contributed by atoms with E-state index in [1.165, 1.54) is 5.56 Å². The maximum absolute atomic E-state index is 5.39. The van der Waals surface area contributed by atoms with E-state index in [0.29, 0.717) is 13.2 Å². The molecular formula is C9H12BrNO. The molecule has 2 N–H and O–H groups in total. The Bertz CT molecular complexity index is 263. The molecule has 0 radical (unpaired) electrons. The molecule has 1 aromatic rings. The molecule has 0 aliphatic heterocycles. The van der Waals surface area contributed by atoms with E-state index in [2.05, 4.69) is 15.9 Å². The van der Waals surface area contributed by atoms with Crippen LogP contribution in [0.3, 0.4) is 0 Å². The molecule has 1 aromatic carbocycles. The number of halogens is 1. The second-order valence-electron chi connectivity index (χ2n) is 2.57. The van der Waals surface area contributed by atoms with E-state index in [1.807, 2.05) is 25.1 Å². The Morgan fingerprint density at radius 3 is 2.92 bits per heavy atom. The van der Waals surface area contributed by atoms with Gasteiger partial charge in [0.1, 0.15) is 12.4 Å². The fourth-order valence-electron chi connectivity index (χ4n) is 0.890. The third kappa shape index (κ3) is 2.50. The van der Waals surface area contributed by atoms with E-state index in [9.17, 15) is 0 Å². The first-order valence-electron chi connectivity index (χ1n) is 3.83. The van der Waals surface area contributed by atoms with Gasteiger partial charge in [0.15, 0.2) is 0 Å². The monoisotopic (exact) mass is 229 g/mol. The lowest BCUT2D eigenvalue weighted by Crippen LogP contribution is -2.10. The van der Waals surface area contributed by atoms with Crippen LogP contribution in [0.15, 0.2) is 22.7 Å². The van der Waals surface area contributed by atoms with E-state index in [0.717, 1.165) is 10.2 Å². The predicted molar refractivity (Wildman–Crippen MR) is 53.4 cm³/mol. The molecule has 0 atom stereocenters. The van der Waals surface area contributed by atoms with Gasteiger partial charge in [0.05, 0.1) is 4.47 Å². The van der Waals surface area contributed by atoms with Gasteiger partial charge in [0.2, 0.25) is 0 Å². The standard InChI is InChI=1S/C9H12BrNO/c1-7-2-3-8(10)9(6-7)12-5-4-11/h2-3,6H,4-5,11H2,1H3. The van der Waals surface area contributed by atoms with Crippen LogP contribution < -0.4 is 10.5 Å². The Hall–Kier alpha value is -0.540. The average Bonchev–Trinajstić information content (AvgIpc) is 2.07. The van der Waals surface area contributed by atoms with E-state index >= 15 is 0 Å². The highest BCUT2D eigenvalue weighted by Crippen LogP contribution is 2.25. The largest absolute Gasteiger partial charge is 0.491 e. The SMILES string of the molecule is Cc1ccc(Br)c(OCCN)c1. The van der Waals surface area contributed by atoms with Crippen molar-refractivity contribution >= 4 is 15.9 Å². The fraction of sp³-hybridized carbons (Fsp3) is 0.333. The molecule has 0 amide bonds. The number of ether oxygens (including phenoxy) is 1. The van der Waals surface area contributed by atoms with Crippen LogP contribution in [0.5, 0.6) is 5.75 Å². The van der Waals surface area contributed by atoms with Gasteiger partial charge in [-0.25, -0.2) is 0 Å². The Kier molecular flexibility index (Phi) is 3.56. The van der Waals surface area contributed by atoms with Crippen molar-refractivity contribution in [2.24, 2.45) is 5.73 Å². The normalized spacial score (nSPS) is 9.92. The van der Waals surface area contributed by atoms with Gasteiger partial charge in [0, 0.05) is 6.54 Å². The summed E-state index contributed by atoms with van der Waals surface area (Å²) >= 11 is 3.39. The minimum atomic E-state index is 0.542. The summed E-state index contributed by atoms with van der Waals surface area (Å²) in [4.78, 5) is 0. The first-order chi connectivity index (χ1) is 5.74. The Morgan fingerprint density at radius 2 is 2.25 bits per heavy atom. The average molecular weight is 230 g/mol. The quantitative estimate of drug-likeness (QED) is 0.862. The van der Waals surface area contributed by atoms with E-state index in [1.54, 1.807) is 0 Å². The Morgan fingerprint density at radius 1 is 1.50 bits per heavy atom. The third-order valence-electron chi connectivity index (χ3n) is 1.46. The molecule has 3 heteroatoms. The lowest BCUT2D eigenvalue weighted by molar-refractivity contribution is 0.326. The molecule has 0 aliphatic carbocycles. The summed E-state index contributed by atoms with van der Waals surface area (Å²) in [5.74, 6) is 0.862. The number of aryl methyl sites for hydroxylation is 1. The van der Waals surface area contributed by atoms with Crippen molar-refractivity contribution in [3.05, 3.63) is 28.2 Å². The molecule has 0 unspecified atom stereocenters. The number of hydrogen-bond donors (Lipinski definition) is 1. The smallest absolute Gasteiger partial charge is 0.133 e. The lowest BCUT2D eigenvalue weighted by Gasteiger charge is -2.06. The Labute approximate surface area is 80.8 Å². The molecule has 0 aromatic heterocycles. The van der Waals surface area contributed by atoms with Gasteiger partial charge >= 0.3 is 0 Å². The van der Waals surface area contributed by atoms with Crippen LogP contribution in [-0.2, 0) is 0 Å². The molecule has 0 fully saturated rings. The molecule has 0 saturated carbocycles. The summed E-state index contributed by atoms with van der Waals surface area (Å²) in [6.07, 6.45) is 0. The van der Waals surface area contributed by atoms with Gasteiger partial charge in [-0.3, -0.25) is 0 Å². The number of rotatable bonds is 3. The Balaban J connectivity index is 2.75. The number of benzene rings is 1. The van der Waals surface area contributed by atoms with Crippen molar-refractivity contribution in [1.82, 2.24) is 0 Å². The zero-order chi connectivity index (χ0) is 8.97. The maximum Gasteiger partial charge on any atom is 0.133 e. The minimum Gasteiger partial charge on any atom is -0.491 e. The minimum absolute atomic E-state index is 0.542. The third-order valence-corrected chi connectivity index (χ3v) is 2.12. The van der Waals surface area contributed by atoms with Crippen molar-refractivity contribution in [3.63, 3.8) is 0 Å². The zero-order valence-corrected chi connectivity index (χ0v) is 8.60. The summed E-state index contributed by atoms with van der Waals surface area (Å²) in [7, 11) is 0. The van der Waals surface area contributed by atoms with Crippen LogP contribution in [0.2, 0.25) is 0 Å². The van der Waals surface area contributed by atoms with Gasteiger partial charge in [-0.05, 0) is 40.5 Å². The van der Waals surface area contributed by atoms with Crippen molar-refractivity contribution in [1.29, 1.82) is 0 Å². The van der Waals surface area contributed by atoms with Gasteiger partial charge in [-0.2, -0.15) is 0 Å². The highest BCUT2D eigenvalue weighted by atomic mass is 79.9. The number of nitrogens with two attached hydrogens (primary N) is 1. The van der Waals surface area contributed by atoms with E-state index in [4.69, 9.17) is 10.5 Å². The second kappa shape index (κ2) is 4.48. The van der Waals surface area contributed by atoms with Crippen LogP contribution in [0.1, 0.15) is 5.56 Å². The molecule has 12 heavy (non-hydrogen) atoms. The topological polar surface area (TPSA) is 35.2 Å². The molecule has 0 aliphatic rings. The fourth-order valence-corrected chi connectivity index (χ4v) is 1.25.